The monoisotopic (exact) mass is 363 g/mol. The Hall–Kier alpha value is -2.37. The number of aliphatic hydroxyl groups excluding tert-OH is 1. The fourth-order valence-electron chi connectivity index (χ4n) is 2.53. The van der Waals surface area contributed by atoms with Crippen LogP contribution in [0.4, 0.5) is 0 Å². The molecule has 0 unspecified atom stereocenters. The third kappa shape index (κ3) is 4.18. The third-order valence-corrected chi connectivity index (χ3v) is 4.81. The Bertz CT molecular complexity index is 911. The van der Waals surface area contributed by atoms with Crippen LogP contribution < -0.4 is 4.74 Å². The van der Waals surface area contributed by atoms with Gasteiger partial charge in [0.25, 0.3) is 0 Å². The van der Waals surface area contributed by atoms with Gasteiger partial charge in [-0.2, -0.15) is 10.4 Å². The molecule has 0 radical (unpaired) electrons. The number of hydrogen-bond acceptors (Lipinski definition) is 6. The summed E-state index contributed by atoms with van der Waals surface area (Å²) in [4.78, 5) is 0.0281. The third-order valence-electron chi connectivity index (χ3n) is 3.72. The highest BCUT2D eigenvalue weighted by Gasteiger charge is 2.19. The maximum atomic E-state index is 11.8. The molecular formula is C17H21N3O4S. The molecule has 0 aliphatic carbocycles. The number of hydrogen-bond donors (Lipinski definition) is 1. The van der Waals surface area contributed by atoms with E-state index in [9.17, 15) is 13.5 Å². The lowest BCUT2D eigenvalue weighted by atomic mass is 10.2. The average Bonchev–Trinajstić information content (AvgIpc) is 2.90. The van der Waals surface area contributed by atoms with Crippen LogP contribution in [-0.4, -0.2) is 36.2 Å². The van der Waals surface area contributed by atoms with Crippen LogP contribution in [0.2, 0.25) is 0 Å². The van der Waals surface area contributed by atoms with Crippen molar-refractivity contribution in [3.63, 3.8) is 0 Å². The Labute approximate surface area is 147 Å². The Morgan fingerprint density at radius 3 is 2.52 bits per heavy atom. The second-order valence-electron chi connectivity index (χ2n) is 5.56. The molecule has 8 heteroatoms. The summed E-state index contributed by atoms with van der Waals surface area (Å²) in [6, 6.07) is 6.17. The van der Waals surface area contributed by atoms with Gasteiger partial charge in [0.05, 0.1) is 35.4 Å². The van der Waals surface area contributed by atoms with Gasteiger partial charge in [0, 0.05) is 6.26 Å². The van der Waals surface area contributed by atoms with Crippen molar-refractivity contribution in [2.45, 2.75) is 38.1 Å². The van der Waals surface area contributed by atoms with Gasteiger partial charge in [-0.1, -0.05) is 13.8 Å². The molecule has 0 aliphatic heterocycles. The number of nitriles is 1. The van der Waals surface area contributed by atoms with Crippen molar-refractivity contribution in [3.8, 4) is 17.6 Å². The van der Waals surface area contributed by atoms with E-state index in [2.05, 4.69) is 5.10 Å². The van der Waals surface area contributed by atoms with Gasteiger partial charge in [-0.05, 0) is 31.0 Å². The maximum Gasteiger partial charge on any atom is 0.175 e. The van der Waals surface area contributed by atoms with E-state index in [0.29, 0.717) is 30.8 Å². The van der Waals surface area contributed by atoms with Crippen LogP contribution in [0.5, 0.6) is 11.5 Å². The van der Waals surface area contributed by atoms with E-state index < -0.39 is 9.84 Å². The zero-order valence-electron chi connectivity index (χ0n) is 14.5. The maximum absolute atomic E-state index is 11.8. The van der Waals surface area contributed by atoms with Crippen molar-refractivity contribution < 1.29 is 18.3 Å². The van der Waals surface area contributed by atoms with E-state index in [1.807, 2.05) is 19.9 Å². The van der Waals surface area contributed by atoms with Gasteiger partial charge in [-0.15, -0.1) is 0 Å². The van der Waals surface area contributed by atoms with Gasteiger partial charge < -0.3 is 9.84 Å². The van der Waals surface area contributed by atoms with Gasteiger partial charge in [0.1, 0.15) is 11.4 Å². The summed E-state index contributed by atoms with van der Waals surface area (Å²) in [5.41, 5.74) is 1.74. The molecule has 25 heavy (non-hydrogen) atoms. The number of aryl methyl sites for hydroxylation is 1. The highest BCUT2D eigenvalue weighted by molar-refractivity contribution is 7.90. The van der Waals surface area contributed by atoms with Gasteiger partial charge in [0.2, 0.25) is 0 Å². The van der Waals surface area contributed by atoms with E-state index >= 15 is 0 Å². The molecular weight excluding hydrogens is 342 g/mol. The molecule has 0 saturated carbocycles. The molecule has 0 spiro atoms. The lowest BCUT2D eigenvalue weighted by molar-refractivity contribution is 0.267. The molecule has 1 aromatic carbocycles. The number of aliphatic hydroxyl groups is 1. The molecule has 0 amide bonds. The lowest BCUT2D eigenvalue weighted by Crippen LogP contribution is -2.08. The molecule has 0 saturated heterocycles. The first-order valence-corrected chi connectivity index (χ1v) is 9.85. The van der Waals surface area contributed by atoms with E-state index in [1.165, 1.54) is 18.2 Å². The van der Waals surface area contributed by atoms with Crippen molar-refractivity contribution in [1.82, 2.24) is 9.78 Å². The molecule has 2 rings (SSSR count). The van der Waals surface area contributed by atoms with E-state index in [1.54, 1.807) is 4.68 Å². The second kappa shape index (κ2) is 7.68. The zero-order valence-corrected chi connectivity index (χ0v) is 15.3. The van der Waals surface area contributed by atoms with Crippen LogP contribution >= 0.6 is 0 Å². The minimum Gasteiger partial charge on any atom is -0.453 e. The first-order valence-electron chi connectivity index (χ1n) is 7.96. The van der Waals surface area contributed by atoms with E-state index in [0.717, 1.165) is 11.9 Å². The van der Waals surface area contributed by atoms with E-state index in [4.69, 9.17) is 10.00 Å². The van der Waals surface area contributed by atoms with Crippen LogP contribution in [0.1, 0.15) is 30.8 Å². The number of sulfone groups is 1. The first kappa shape index (κ1) is 19.0. The average molecular weight is 363 g/mol. The van der Waals surface area contributed by atoms with Crippen molar-refractivity contribution in [2.75, 3.05) is 12.9 Å². The summed E-state index contributed by atoms with van der Waals surface area (Å²) in [6.07, 6.45) is 2.35. The van der Waals surface area contributed by atoms with Crippen molar-refractivity contribution in [3.05, 3.63) is 35.2 Å². The van der Waals surface area contributed by atoms with Gasteiger partial charge in [-0.25, -0.2) is 8.42 Å². The van der Waals surface area contributed by atoms with Crippen LogP contribution in [0, 0.1) is 11.3 Å². The van der Waals surface area contributed by atoms with E-state index in [-0.39, 0.29) is 22.8 Å². The Morgan fingerprint density at radius 2 is 2.00 bits per heavy atom. The van der Waals surface area contributed by atoms with Crippen molar-refractivity contribution in [1.29, 1.82) is 5.26 Å². The van der Waals surface area contributed by atoms with Crippen molar-refractivity contribution >= 4 is 9.84 Å². The summed E-state index contributed by atoms with van der Waals surface area (Å²) in [5, 5.41) is 22.8. The fourth-order valence-corrected chi connectivity index (χ4v) is 3.21. The largest absolute Gasteiger partial charge is 0.453 e. The van der Waals surface area contributed by atoms with Crippen LogP contribution in [-0.2, 0) is 29.2 Å². The molecule has 134 valence electrons. The highest BCUT2D eigenvalue weighted by atomic mass is 32.2. The summed E-state index contributed by atoms with van der Waals surface area (Å²) in [7, 11) is -3.47. The minimum atomic E-state index is -3.47. The standard InChI is InChI=1S/C17H21N3O4S/c1-4-15-17(16(5-2)20(19-15)6-7-21)24-13-8-12(11-18)9-14(10-13)25(3,22)23/h8-10,21H,4-7H2,1-3H3. The number of ether oxygens (including phenoxy) is 1. The van der Waals surface area contributed by atoms with Crippen LogP contribution in [0.3, 0.4) is 0 Å². The SMILES string of the molecule is CCc1nn(CCO)c(CC)c1Oc1cc(C#N)cc(S(C)(=O)=O)c1. The minimum absolute atomic E-state index is 0.0281. The molecule has 2 aromatic rings. The molecule has 1 aromatic heterocycles. The predicted molar refractivity (Wildman–Crippen MR) is 92.4 cm³/mol. The first-order chi connectivity index (χ1) is 11.8. The Balaban J connectivity index is 2.54. The quantitative estimate of drug-likeness (QED) is 0.807. The lowest BCUT2D eigenvalue weighted by Gasteiger charge is -2.10. The number of benzene rings is 1. The fraction of sp³-hybridized carbons (Fsp3) is 0.412. The number of aromatic nitrogens is 2. The molecule has 1 heterocycles. The molecule has 0 bridgehead atoms. The number of rotatable bonds is 7. The summed E-state index contributed by atoms with van der Waals surface area (Å²) < 4.78 is 31.3. The summed E-state index contributed by atoms with van der Waals surface area (Å²) >= 11 is 0. The van der Waals surface area contributed by atoms with Crippen LogP contribution in [0.25, 0.3) is 0 Å². The Kier molecular flexibility index (Phi) is 5.82. The molecule has 0 atom stereocenters. The van der Waals surface area contributed by atoms with Gasteiger partial charge >= 0.3 is 0 Å². The second-order valence-corrected chi connectivity index (χ2v) is 7.57. The number of nitrogens with zero attached hydrogens (tertiary/aromatic N) is 3. The molecule has 0 aliphatic rings. The Morgan fingerprint density at radius 1 is 1.28 bits per heavy atom. The zero-order chi connectivity index (χ0) is 18.6. The topological polar surface area (TPSA) is 105 Å². The van der Waals surface area contributed by atoms with Crippen molar-refractivity contribution in [2.24, 2.45) is 0 Å². The van der Waals surface area contributed by atoms with Crippen LogP contribution in [0.15, 0.2) is 23.1 Å². The normalized spacial score (nSPS) is 11.3. The van der Waals surface area contributed by atoms with Gasteiger partial charge in [-0.3, -0.25) is 4.68 Å². The predicted octanol–water partition coefficient (Wildman–Crippen LogP) is 2.07. The molecule has 7 nitrogen and oxygen atoms in total. The molecule has 1 N–H and O–H groups in total. The molecule has 0 fully saturated rings. The van der Waals surface area contributed by atoms with Gasteiger partial charge in [0.15, 0.2) is 15.6 Å². The summed E-state index contributed by atoms with van der Waals surface area (Å²) in [5.74, 6) is 0.820. The highest BCUT2D eigenvalue weighted by Crippen LogP contribution is 2.32. The summed E-state index contributed by atoms with van der Waals surface area (Å²) in [6.45, 7) is 4.20. The smallest absolute Gasteiger partial charge is 0.175 e.